The molecule has 3 aromatic rings. The molecule has 5 rings (SSSR count). The molecule has 2 aliphatic heterocycles. The largest absolute Gasteiger partial charge is 0.497 e. The molecule has 0 spiro atoms. The molecule has 0 unspecified atom stereocenters. The number of thiocarbonyl (C=S) groups is 1. The highest BCUT2D eigenvalue weighted by atomic mass is 32.2. The molecule has 4 N–H and O–H groups in total. The Morgan fingerprint density at radius 1 is 0.912 bits per heavy atom. The quantitative estimate of drug-likeness (QED) is 0.0849. The number of aliphatic carboxylic acids is 3. The highest BCUT2D eigenvalue weighted by Gasteiger charge is 2.39. The van der Waals surface area contributed by atoms with Gasteiger partial charge in [-0.3, -0.25) is 52.3 Å². The van der Waals surface area contributed by atoms with Crippen molar-refractivity contribution in [3.05, 3.63) is 68.4 Å². The summed E-state index contributed by atoms with van der Waals surface area (Å²) < 4.78 is 43.3. The summed E-state index contributed by atoms with van der Waals surface area (Å²) in [5.74, 6) is -4.97. The molecule has 0 atom stereocenters. The SMILES string of the molecule is CCC(C=C1Sc2ccc(OC)cc2N1CCOCCCS(=O)(=O)O)=c1s/c(=c2/s/c(=C3\C(=O)N(C)C(=S)N3CC(=O)O)n(CC(=O)O)c2=O)n(CC(=O)O)c1=O. The zero-order valence-corrected chi connectivity index (χ0v) is 34.4. The van der Waals surface area contributed by atoms with Gasteiger partial charge in [-0.05, 0) is 48.8 Å². The first-order valence-corrected chi connectivity index (χ1v) is 21.2. The number of amides is 1. The number of hydrogen-bond acceptors (Lipinski definition) is 15. The van der Waals surface area contributed by atoms with E-state index >= 15 is 0 Å². The van der Waals surface area contributed by atoms with E-state index in [-0.39, 0.29) is 61.8 Å². The van der Waals surface area contributed by atoms with Gasteiger partial charge in [-0.15, -0.1) is 22.7 Å². The van der Waals surface area contributed by atoms with Gasteiger partial charge in [-0.25, -0.2) is 0 Å². The number of thioether (sulfide) groups is 1. The molecule has 1 saturated heterocycles. The maximum atomic E-state index is 14.1. The number of carbonyl (C=O) groups excluding carboxylic acids is 1. The first-order valence-electron chi connectivity index (χ1n) is 16.7. The van der Waals surface area contributed by atoms with Gasteiger partial charge >= 0.3 is 17.9 Å². The lowest BCUT2D eigenvalue weighted by Gasteiger charge is -2.21. The Bertz CT molecular complexity index is 2660. The lowest BCUT2D eigenvalue weighted by Crippen LogP contribution is -2.37. The fourth-order valence-corrected chi connectivity index (χ4v) is 10.2. The van der Waals surface area contributed by atoms with Crippen LogP contribution in [0.1, 0.15) is 19.8 Å². The monoisotopic (exact) mass is 885 g/mol. The Kier molecular flexibility index (Phi) is 13.5. The molecule has 4 heterocycles. The molecule has 19 nitrogen and oxygen atoms in total. The number of benzene rings is 1. The molecule has 2 aromatic heterocycles. The number of allylic oxidation sites excluding steroid dienone is 1. The van der Waals surface area contributed by atoms with E-state index in [4.69, 9.17) is 26.2 Å². The van der Waals surface area contributed by atoms with Crippen molar-refractivity contribution in [3.63, 3.8) is 0 Å². The number of carbonyl (C=O) groups is 4. The highest BCUT2D eigenvalue weighted by Crippen LogP contribution is 2.47. The number of carboxylic acids is 3. The summed E-state index contributed by atoms with van der Waals surface area (Å²) in [5.41, 5.74) is -0.872. The lowest BCUT2D eigenvalue weighted by molar-refractivity contribution is -0.138. The van der Waals surface area contributed by atoms with E-state index in [2.05, 4.69) is 0 Å². The second-order valence-corrected chi connectivity index (χ2v) is 17.2. The van der Waals surface area contributed by atoms with Crippen LogP contribution in [0.3, 0.4) is 0 Å². The van der Waals surface area contributed by atoms with Crippen molar-refractivity contribution in [2.45, 2.75) is 37.8 Å². The molecule has 306 valence electrons. The van der Waals surface area contributed by atoms with Gasteiger partial charge < -0.3 is 29.7 Å². The van der Waals surface area contributed by atoms with E-state index in [0.717, 1.165) is 40.9 Å². The zero-order chi connectivity index (χ0) is 41.9. The fraction of sp³-hybridized carbons (Fsp3) is 0.364. The third-order valence-electron chi connectivity index (χ3n) is 8.40. The molecule has 2 aliphatic rings. The molecule has 1 fully saturated rings. The third kappa shape index (κ3) is 9.48. The number of anilines is 1. The minimum absolute atomic E-state index is 0.0607. The van der Waals surface area contributed by atoms with Crippen molar-refractivity contribution >= 4 is 103 Å². The summed E-state index contributed by atoms with van der Waals surface area (Å²) in [7, 11) is -1.34. The van der Waals surface area contributed by atoms with Gasteiger partial charge in [0, 0.05) is 31.2 Å². The van der Waals surface area contributed by atoms with E-state index in [9.17, 15) is 52.5 Å². The Balaban J connectivity index is 1.75. The average molecular weight is 886 g/mol. The summed E-state index contributed by atoms with van der Waals surface area (Å²) in [6, 6.07) is 5.43. The van der Waals surface area contributed by atoms with E-state index in [0.29, 0.717) is 27.7 Å². The number of rotatable bonds is 16. The maximum absolute atomic E-state index is 14.1. The predicted octanol–water partition coefficient (Wildman–Crippen LogP) is 0.158. The van der Waals surface area contributed by atoms with Gasteiger partial charge in [0.25, 0.3) is 27.1 Å². The van der Waals surface area contributed by atoms with Crippen LogP contribution in [-0.4, -0.2) is 122 Å². The van der Waals surface area contributed by atoms with Crippen LogP contribution in [-0.2, 0) is 47.1 Å². The number of aromatic nitrogens is 2. The van der Waals surface area contributed by atoms with Crippen molar-refractivity contribution in [3.8, 4) is 5.75 Å². The van der Waals surface area contributed by atoms with Gasteiger partial charge in [0.15, 0.2) is 5.11 Å². The van der Waals surface area contributed by atoms with Crippen molar-refractivity contribution in [1.82, 2.24) is 18.9 Å². The second kappa shape index (κ2) is 17.7. The fourth-order valence-electron chi connectivity index (χ4n) is 5.81. The van der Waals surface area contributed by atoms with Gasteiger partial charge in [0.05, 0.1) is 34.7 Å². The minimum Gasteiger partial charge on any atom is -0.497 e. The molecule has 1 amide bonds. The third-order valence-corrected chi connectivity index (χ3v) is 13.4. The Labute approximate surface area is 340 Å². The van der Waals surface area contributed by atoms with Gasteiger partial charge in [0.1, 0.15) is 44.9 Å². The van der Waals surface area contributed by atoms with Crippen LogP contribution in [0.4, 0.5) is 5.69 Å². The number of nitrogens with zero attached hydrogens (tertiary/aromatic N) is 5. The Hall–Kier alpha value is -4.85. The van der Waals surface area contributed by atoms with E-state index in [1.54, 1.807) is 19.1 Å². The van der Waals surface area contributed by atoms with Crippen LogP contribution in [0.15, 0.2) is 43.8 Å². The smallest absolute Gasteiger partial charge is 0.323 e. The number of thiazole rings is 2. The van der Waals surface area contributed by atoms with Crippen LogP contribution >= 0.6 is 46.7 Å². The van der Waals surface area contributed by atoms with Crippen molar-refractivity contribution < 1.29 is 56.9 Å². The number of ether oxygens (including phenoxy) is 2. The highest BCUT2D eigenvalue weighted by molar-refractivity contribution is 8.03. The first-order chi connectivity index (χ1) is 26.9. The van der Waals surface area contributed by atoms with E-state index in [1.807, 2.05) is 17.0 Å². The number of likely N-dealkylation sites (N-methyl/N-ethyl adjacent to an activating group) is 1. The van der Waals surface area contributed by atoms with Crippen molar-refractivity contribution in [2.24, 2.45) is 0 Å². The molecule has 1 aromatic carbocycles. The summed E-state index contributed by atoms with van der Waals surface area (Å²) >= 11 is 8.04. The predicted molar refractivity (Wildman–Crippen MR) is 212 cm³/mol. The van der Waals surface area contributed by atoms with E-state index in [1.165, 1.54) is 25.9 Å². The van der Waals surface area contributed by atoms with Crippen molar-refractivity contribution in [2.75, 3.05) is 51.1 Å². The summed E-state index contributed by atoms with van der Waals surface area (Å²) in [4.78, 5) is 82.0. The zero-order valence-electron chi connectivity index (χ0n) is 30.3. The molecule has 0 bridgehead atoms. The standard InChI is InChI=1S/C33H35N5O14S5/c1-4-17(12-21-35(8-10-52-9-5-11-57(48,49)50)19-13-18(51-3)6-7-20(19)54-21)26-29(46)38(16-24(43)44)32(55-26)27-30(47)37(15-23(41)42)31(56-27)25-28(45)34(2)33(53)36(25)14-22(39)40/h6-7,12-13H,4-5,8-11,14-16H2,1-3H3,(H,39,40)(H,41,42)(H,43,44)(H,48,49,50)/b21-12?,26-17?,31-25+,32-27+. The van der Waals surface area contributed by atoms with Crippen molar-refractivity contribution in [1.29, 1.82) is 0 Å². The summed E-state index contributed by atoms with van der Waals surface area (Å²) in [5, 5.41) is 29.6. The normalized spacial score (nSPS) is 17.1. The average Bonchev–Trinajstić information content (AvgIpc) is 3.80. The molecule has 0 aliphatic carbocycles. The van der Waals surface area contributed by atoms with Crippen LogP contribution in [0.25, 0.3) is 11.3 Å². The molecule has 57 heavy (non-hydrogen) atoms. The van der Waals surface area contributed by atoms with Crippen LogP contribution in [0, 0.1) is 9.20 Å². The molecule has 24 heteroatoms. The molecule has 0 radical (unpaired) electrons. The van der Waals surface area contributed by atoms with Gasteiger partial charge in [-0.1, -0.05) is 18.7 Å². The number of methoxy groups -OCH3 is 1. The van der Waals surface area contributed by atoms with Crippen LogP contribution in [0.2, 0.25) is 0 Å². The minimum atomic E-state index is -4.14. The van der Waals surface area contributed by atoms with Crippen LogP contribution in [0.5, 0.6) is 5.75 Å². The van der Waals surface area contributed by atoms with Gasteiger partial charge in [0.2, 0.25) is 0 Å². The summed E-state index contributed by atoms with van der Waals surface area (Å²) in [6.45, 7) is -0.374. The molecule has 0 saturated carbocycles. The first kappa shape index (κ1) is 43.3. The maximum Gasteiger partial charge on any atom is 0.323 e. The number of hydrogen-bond donors (Lipinski definition) is 4. The van der Waals surface area contributed by atoms with Crippen LogP contribution < -0.4 is 30.0 Å². The topological polar surface area (TPSA) is 256 Å². The summed E-state index contributed by atoms with van der Waals surface area (Å²) in [6.07, 6.45) is 2.07. The van der Waals surface area contributed by atoms with Gasteiger partial charge in [-0.2, -0.15) is 8.42 Å². The second-order valence-electron chi connectivity index (χ2n) is 12.2. The lowest BCUT2D eigenvalue weighted by atomic mass is 10.2. The number of carboxylic acid groups (broad SMARTS) is 3. The number of fused-ring (bicyclic) bond motifs is 1. The Morgan fingerprint density at radius 2 is 1.56 bits per heavy atom. The van der Waals surface area contributed by atoms with E-state index < -0.39 is 70.4 Å². The Morgan fingerprint density at radius 3 is 2.16 bits per heavy atom. The molecular formula is C33H35N5O14S5. The molecular weight excluding hydrogens is 851 g/mol.